The molecule has 1 fully saturated rings. The Morgan fingerprint density at radius 2 is 2.12 bits per heavy atom. The lowest BCUT2D eigenvalue weighted by atomic mass is 9.93. The van der Waals surface area contributed by atoms with Crippen LogP contribution in [-0.4, -0.2) is 28.6 Å². The first kappa shape index (κ1) is 12.1. The molecule has 0 aromatic carbocycles. The van der Waals surface area contributed by atoms with Crippen LogP contribution in [-0.2, 0) is 0 Å². The average molecular weight is 235 g/mol. The van der Waals surface area contributed by atoms with Gasteiger partial charge in [-0.1, -0.05) is 0 Å². The maximum absolute atomic E-state index is 5.71. The van der Waals surface area contributed by atoms with Crippen LogP contribution < -0.4 is 16.4 Å². The highest BCUT2D eigenvalue weighted by molar-refractivity contribution is 5.48. The maximum Gasteiger partial charge on any atom is 0.132 e. The summed E-state index contributed by atoms with van der Waals surface area (Å²) in [7, 11) is 0. The number of hydrogen-bond donors (Lipinski definition) is 3. The normalized spacial score (nSPS) is 17.4. The van der Waals surface area contributed by atoms with Crippen LogP contribution in [0.5, 0.6) is 0 Å². The fraction of sp³-hybridized carbons (Fsp3) is 0.667. The lowest BCUT2D eigenvalue weighted by Crippen LogP contribution is -2.28. The molecule has 0 saturated heterocycles. The van der Waals surface area contributed by atoms with E-state index in [-0.39, 0.29) is 6.04 Å². The van der Waals surface area contributed by atoms with Gasteiger partial charge in [-0.05, 0) is 33.1 Å². The molecule has 1 atom stereocenters. The Hall–Kier alpha value is -1.36. The second-order valence-electron chi connectivity index (χ2n) is 4.82. The number of nitrogens with two attached hydrogens (primary N) is 1. The maximum atomic E-state index is 5.71. The number of nitrogens with one attached hydrogen (secondary N) is 2. The van der Waals surface area contributed by atoms with E-state index in [1.165, 1.54) is 19.3 Å². The first-order chi connectivity index (χ1) is 8.13. The van der Waals surface area contributed by atoms with Crippen molar-refractivity contribution in [2.45, 2.75) is 45.2 Å². The Kier molecular flexibility index (Phi) is 3.78. The topological polar surface area (TPSA) is 75.9 Å². The van der Waals surface area contributed by atoms with Crippen molar-refractivity contribution in [2.75, 3.05) is 17.2 Å². The molecule has 1 unspecified atom stereocenters. The molecule has 0 spiro atoms. The van der Waals surface area contributed by atoms with Crippen molar-refractivity contribution < 1.29 is 0 Å². The number of aryl methyl sites for hydroxylation is 1. The number of rotatable bonds is 5. The lowest BCUT2D eigenvalue weighted by molar-refractivity contribution is 0.444. The fourth-order valence-electron chi connectivity index (χ4n) is 1.76. The van der Waals surface area contributed by atoms with Gasteiger partial charge in [-0.25, -0.2) is 9.97 Å². The van der Waals surface area contributed by atoms with Gasteiger partial charge < -0.3 is 16.4 Å². The van der Waals surface area contributed by atoms with E-state index in [1.807, 2.05) is 19.9 Å². The molecule has 1 heterocycles. The van der Waals surface area contributed by atoms with Gasteiger partial charge in [-0.3, -0.25) is 0 Å². The van der Waals surface area contributed by atoms with Crippen LogP contribution in [0.25, 0.3) is 0 Å². The molecule has 1 aromatic heterocycles. The van der Waals surface area contributed by atoms with Crippen molar-refractivity contribution in [3.8, 4) is 0 Å². The summed E-state index contributed by atoms with van der Waals surface area (Å²) in [6.45, 7) is 4.59. The third-order valence-corrected chi connectivity index (χ3v) is 2.90. The van der Waals surface area contributed by atoms with Crippen molar-refractivity contribution in [1.29, 1.82) is 0 Å². The van der Waals surface area contributed by atoms with Crippen molar-refractivity contribution >= 4 is 11.6 Å². The molecule has 0 amide bonds. The van der Waals surface area contributed by atoms with Gasteiger partial charge >= 0.3 is 0 Å². The molecule has 0 bridgehead atoms. The van der Waals surface area contributed by atoms with Crippen LogP contribution in [0.2, 0.25) is 0 Å². The predicted octanol–water partition coefficient (Wildman–Crippen LogP) is 1.51. The van der Waals surface area contributed by atoms with E-state index in [9.17, 15) is 0 Å². The molecule has 5 nitrogen and oxygen atoms in total. The van der Waals surface area contributed by atoms with E-state index >= 15 is 0 Å². The van der Waals surface area contributed by atoms with Crippen LogP contribution in [0.1, 0.15) is 32.0 Å². The molecule has 2 rings (SSSR count). The molecular weight excluding hydrogens is 214 g/mol. The Bertz CT molecular complexity index is 373. The second-order valence-corrected chi connectivity index (χ2v) is 4.82. The molecule has 0 aliphatic heterocycles. The van der Waals surface area contributed by atoms with Crippen LogP contribution in [0.15, 0.2) is 6.07 Å². The molecule has 0 radical (unpaired) electrons. The van der Waals surface area contributed by atoms with Crippen molar-refractivity contribution in [3.63, 3.8) is 0 Å². The summed E-state index contributed by atoms with van der Waals surface area (Å²) in [5.74, 6) is 2.53. The van der Waals surface area contributed by atoms with Crippen molar-refractivity contribution in [2.24, 2.45) is 5.73 Å². The van der Waals surface area contributed by atoms with Crippen molar-refractivity contribution in [1.82, 2.24) is 9.97 Å². The average Bonchev–Trinajstić information content (AvgIpc) is 2.20. The van der Waals surface area contributed by atoms with Gasteiger partial charge in [0.05, 0.1) is 0 Å². The van der Waals surface area contributed by atoms with E-state index in [0.717, 1.165) is 24.0 Å². The third-order valence-electron chi connectivity index (χ3n) is 2.90. The summed E-state index contributed by atoms with van der Waals surface area (Å²) in [5, 5.41) is 6.64. The largest absolute Gasteiger partial charge is 0.368 e. The first-order valence-corrected chi connectivity index (χ1v) is 6.25. The van der Waals surface area contributed by atoms with Gasteiger partial charge in [0, 0.05) is 24.7 Å². The van der Waals surface area contributed by atoms with Gasteiger partial charge in [-0.2, -0.15) is 0 Å². The zero-order valence-electron chi connectivity index (χ0n) is 10.5. The van der Waals surface area contributed by atoms with Crippen LogP contribution in [0.4, 0.5) is 11.6 Å². The lowest BCUT2D eigenvalue weighted by Gasteiger charge is -2.27. The van der Waals surface area contributed by atoms with Crippen molar-refractivity contribution in [3.05, 3.63) is 11.9 Å². The fourth-order valence-corrected chi connectivity index (χ4v) is 1.76. The zero-order valence-corrected chi connectivity index (χ0v) is 10.5. The van der Waals surface area contributed by atoms with Gasteiger partial charge in [0.2, 0.25) is 0 Å². The summed E-state index contributed by atoms with van der Waals surface area (Å²) in [6, 6.07) is 2.66. The smallest absolute Gasteiger partial charge is 0.132 e. The third kappa shape index (κ3) is 3.56. The molecule has 1 saturated carbocycles. The van der Waals surface area contributed by atoms with E-state index in [4.69, 9.17) is 5.73 Å². The van der Waals surface area contributed by atoms with E-state index in [2.05, 4.69) is 20.6 Å². The predicted molar refractivity (Wildman–Crippen MR) is 70.2 cm³/mol. The Morgan fingerprint density at radius 3 is 2.71 bits per heavy atom. The summed E-state index contributed by atoms with van der Waals surface area (Å²) >= 11 is 0. The molecule has 5 heteroatoms. The monoisotopic (exact) mass is 235 g/mol. The van der Waals surface area contributed by atoms with Gasteiger partial charge in [0.25, 0.3) is 0 Å². The molecule has 1 aliphatic rings. The molecule has 94 valence electrons. The molecule has 1 aromatic rings. The van der Waals surface area contributed by atoms with Gasteiger partial charge in [-0.15, -0.1) is 0 Å². The van der Waals surface area contributed by atoms with E-state index < -0.39 is 0 Å². The van der Waals surface area contributed by atoms with Crippen LogP contribution >= 0.6 is 0 Å². The quantitative estimate of drug-likeness (QED) is 0.721. The second kappa shape index (κ2) is 5.31. The summed E-state index contributed by atoms with van der Waals surface area (Å²) in [4.78, 5) is 8.73. The molecular formula is C12H21N5. The molecule has 1 aliphatic carbocycles. The molecule has 17 heavy (non-hydrogen) atoms. The minimum absolute atomic E-state index is 0.119. The summed E-state index contributed by atoms with van der Waals surface area (Å²) in [5.41, 5.74) is 5.71. The Morgan fingerprint density at radius 1 is 1.41 bits per heavy atom. The van der Waals surface area contributed by atoms with Gasteiger partial charge in [0.15, 0.2) is 0 Å². The van der Waals surface area contributed by atoms with Crippen LogP contribution in [0, 0.1) is 6.92 Å². The highest BCUT2D eigenvalue weighted by Crippen LogP contribution is 2.23. The minimum atomic E-state index is 0.119. The Balaban J connectivity index is 2.00. The number of hydrogen-bond acceptors (Lipinski definition) is 5. The van der Waals surface area contributed by atoms with E-state index in [1.54, 1.807) is 0 Å². The number of nitrogens with zero attached hydrogens (tertiary/aromatic N) is 2. The van der Waals surface area contributed by atoms with Gasteiger partial charge in [0.1, 0.15) is 17.5 Å². The van der Waals surface area contributed by atoms with E-state index in [0.29, 0.717) is 6.04 Å². The standard InChI is InChI=1S/C12H21N5/c1-8(13)7-14-11-6-12(16-9(2)15-11)17-10-4-3-5-10/h6,8,10H,3-5,7,13H2,1-2H3,(H2,14,15,16,17). The SMILES string of the molecule is Cc1nc(NCC(C)N)cc(NC2CCC2)n1. The minimum Gasteiger partial charge on any atom is -0.368 e. The number of anilines is 2. The first-order valence-electron chi connectivity index (χ1n) is 6.25. The highest BCUT2D eigenvalue weighted by Gasteiger charge is 2.17. The summed E-state index contributed by atoms with van der Waals surface area (Å²) < 4.78 is 0. The number of aromatic nitrogens is 2. The van der Waals surface area contributed by atoms with Crippen LogP contribution in [0.3, 0.4) is 0 Å². The molecule has 4 N–H and O–H groups in total. The zero-order chi connectivity index (χ0) is 12.3. The highest BCUT2D eigenvalue weighted by atomic mass is 15.1. The summed E-state index contributed by atoms with van der Waals surface area (Å²) in [6.07, 6.45) is 3.80. The Labute approximate surface area is 102 Å².